The Balaban J connectivity index is 1.93. The Morgan fingerprint density at radius 3 is 2.29 bits per heavy atom. The second-order valence-corrected chi connectivity index (χ2v) is 6.84. The maximum Gasteiger partial charge on any atom is 0.241 e. The summed E-state index contributed by atoms with van der Waals surface area (Å²) in [5, 5.41) is 3.34. The van der Waals surface area contributed by atoms with Crippen LogP contribution in [0.3, 0.4) is 0 Å². The zero-order valence-corrected chi connectivity index (χ0v) is 17.7. The monoisotopic (exact) mass is 406 g/mol. The number of benzene rings is 2. The SMILES string of the molecule is COc1ccc(NC(=O)[C@@H](C)N(C)CCc2ccc(OC)c(OC)c2)cc1Cl. The maximum absolute atomic E-state index is 12.6. The Labute approximate surface area is 171 Å². The van der Waals surface area contributed by atoms with E-state index in [9.17, 15) is 4.79 Å². The molecular formula is C21H27ClN2O4. The number of hydrogen-bond acceptors (Lipinski definition) is 5. The minimum Gasteiger partial charge on any atom is -0.495 e. The minimum atomic E-state index is -0.305. The molecule has 1 amide bonds. The molecule has 0 saturated carbocycles. The van der Waals surface area contributed by atoms with E-state index in [1.807, 2.05) is 37.1 Å². The number of likely N-dealkylation sites (N-methyl/N-ethyl adjacent to an activating group) is 1. The summed E-state index contributed by atoms with van der Waals surface area (Å²) in [6, 6.07) is 10.7. The van der Waals surface area contributed by atoms with Crippen LogP contribution in [0, 0.1) is 0 Å². The lowest BCUT2D eigenvalue weighted by molar-refractivity contribution is -0.120. The van der Waals surface area contributed by atoms with Crippen LogP contribution in [0.4, 0.5) is 5.69 Å². The van der Waals surface area contributed by atoms with E-state index in [2.05, 4.69) is 5.32 Å². The zero-order valence-electron chi connectivity index (χ0n) is 16.9. The van der Waals surface area contributed by atoms with Gasteiger partial charge >= 0.3 is 0 Å². The van der Waals surface area contributed by atoms with Gasteiger partial charge in [0.1, 0.15) is 5.75 Å². The van der Waals surface area contributed by atoms with Crippen LogP contribution < -0.4 is 19.5 Å². The molecule has 0 spiro atoms. The third-order valence-corrected chi connectivity index (χ3v) is 4.96. The van der Waals surface area contributed by atoms with Gasteiger partial charge in [0.2, 0.25) is 5.91 Å². The fourth-order valence-corrected chi connectivity index (χ4v) is 2.98. The van der Waals surface area contributed by atoms with E-state index in [0.29, 0.717) is 34.5 Å². The second-order valence-electron chi connectivity index (χ2n) is 6.43. The third kappa shape index (κ3) is 5.53. The largest absolute Gasteiger partial charge is 0.495 e. The number of carbonyl (C=O) groups excluding carboxylic acids is 1. The first-order valence-electron chi connectivity index (χ1n) is 8.95. The highest BCUT2D eigenvalue weighted by molar-refractivity contribution is 6.32. The summed E-state index contributed by atoms with van der Waals surface area (Å²) < 4.78 is 15.7. The molecule has 0 aliphatic heterocycles. The molecule has 152 valence electrons. The van der Waals surface area contributed by atoms with E-state index >= 15 is 0 Å². The fraction of sp³-hybridized carbons (Fsp3) is 0.381. The van der Waals surface area contributed by atoms with Crippen molar-refractivity contribution in [3.8, 4) is 17.2 Å². The number of amides is 1. The summed E-state index contributed by atoms with van der Waals surface area (Å²) in [6.07, 6.45) is 0.781. The molecule has 0 aliphatic carbocycles. The number of methoxy groups -OCH3 is 3. The maximum atomic E-state index is 12.6. The van der Waals surface area contributed by atoms with Gasteiger partial charge in [-0.2, -0.15) is 0 Å². The zero-order chi connectivity index (χ0) is 20.7. The smallest absolute Gasteiger partial charge is 0.241 e. The normalized spacial score (nSPS) is 11.8. The van der Waals surface area contributed by atoms with Crippen molar-refractivity contribution in [3.05, 3.63) is 47.0 Å². The molecule has 0 aromatic heterocycles. The van der Waals surface area contributed by atoms with Crippen molar-refractivity contribution in [1.29, 1.82) is 0 Å². The number of carbonyl (C=O) groups is 1. The van der Waals surface area contributed by atoms with Gasteiger partial charge in [0.15, 0.2) is 11.5 Å². The van der Waals surface area contributed by atoms with Crippen LogP contribution in [0.15, 0.2) is 36.4 Å². The Morgan fingerprint density at radius 1 is 1.04 bits per heavy atom. The van der Waals surface area contributed by atoms with Crippen molar-refractivity contribution in [2.75, 3.05) is 40.2 Å². The number of anilines is 1. The van der Waals surface area contributed by atoms with Crippen molar-refractivity contribution >= 4 is 23.2 Å². The van der Waals surface area contributed by atoms with Crippen molar-refractivity contribution in [1.82, 2.24) is 4.90 Å². The summed E-state index contributed by atoms with van der Waals surface area (Å²) in [4.78, 5) is 14.5. The molecule has 6 nitrogen and oxygen atoms in total. The van der Waals surface area contributed by atoms with E-state index in [1.54, 1.807) is 39.5 Å². The average Bonchev–Trinajstić information content (AvgIpc) is 2.71. The highest BCUT2D eigenvalue weighted by Crippen LogP contribution is 2.28. The summed E-state index contributed by atoms with van der Waals surface area (Å²) in [5.41, 5.74) is 1.75. The lowest BCUT2D eigenvalue weighted by Gasteiger charge is -2.24. The van der Waals surface area contributed by atoms with E-state index in [-0.39, 0.29) is 11.9 Å². The summed E-state index contributed by atoms with van der Waals surface area (Å²) in [6.45, 7) is 2.59. The van der Waals surface area contributed by atoms with Gasteiger partial charge in [0.05, 0.1) is 32.4 Å². The first-order valence-corrected chi connectivity index (χ1v) is 9.33. The molecule has 0 radical (unpaired) electrons. The van der Waals surface area contributed by atoms with Gasteiger partial charge in [-0.05, 0) is 56.3 Å². The van der Waals surface area contributed by atoms with Crippen LogP contribution >= 0.6 is 11.6 Å². The lowest BCUT2D eigenvalue weighted by Crippen LogP contribution is -2.40. The second kappa shape index (κ2) is 10.2. The highest BCUT2D eigenvalue weighted by atomic mass is 35.5. The molecule has 0 heterocycles. The standard InChI is InChI=1S/C21H27ClN2O4/c1-14(21(25)23-16-7-9-18(26-3)17(22)13-16)24(2)11-10-15-6-8-19(27-4)20(12-15)28-5/h6-9,12-14H,10-11H2,1-5H3,(H,23,25)/t14-/m1/s1. The lowest BCUT2D eigenvalue weighted by atomic mass is 10.1. The predicted octanol–water partition coefficient (Wildman–Crippen LogP) is 3.87. The Kier molecular flexibility index (Phi) is 7.96. The molecule has 7 heteroatoms. The molecule has 0 unspecified atom stereocenters. The molecule has 1 N–H and O–H groups in total. The van der Waals surface area contributed by atoms with Crippen LogP contribution in [0.1, 0.15) is 12.5 Å². The first-order chi connectivity index (χ1) is 13.4. The number of ether oxygens (including phenoxy) is 3. The van der Waals surface area contributed by atoms with Gasteiger partial charge in [-0.3, -0.25) is 9.69 Å². The van der Waals surface area contributed by atoms with Crippen LogP contribution in [-0.2, 0) is 11.2 Å². The van der Waals surface area contributed by atoms with Crippen LogP contribution in [-0.4, -0.2) is 51.8 Å². The molecule has 2 aromatic rings. The number of halogens is 1. The Morgan fingerprint density at radius 2 is 1.68 bits per heavy atom. The van der Waals surface area contributed by atoms with Crippen molar-refractivity contribution < 1.29 is 19.0 Å². The van der Waals surface area contributed by atoms with Crippen molar-refractivity contribution in [3.63, 3.8) is 0 Å². The molecule has 28 heavy (non-hydrogen) atoms. The van der Waals surface area contributed by atoms with E-state index in [4.69, 9.17) is 25.8 Å². The predicted molar refractivity (Wildman–Crippen MR) is 112 cm³/mol. The Hall–Kier alpha value is -2.44. The van der Waals surface area contributed by atoms with Crippen LogP contribution in [0.5, 0.6) is 17.2 Å². The van der Waals surface area contributed by atoms with Gasteiger partial charge in [0.25, 0.3) is 0 Å². The molecule has 0 fully saturated rings. The third-order valence-electron chi connectivity index (χ3n) is 4.66. The van der Waals surface area contributed by atoms with Gasteiger partial charge in [-0.15, -0.1) is 0 Å². The molecule has 0 bridgehead atoms. The van der Waals surface area contributed by atoms with Gasteiger partial charge < -0.3 is 19.5 Å². The first kappa shape index (κ1) is 21.9. The van der Waals surface area contributed by atoms with Crippen molar-refractivity contribution in [2.45, 2.75) is 19.4 Å². The van der Waals surface area contributed by atoms with Crippen molar-refractivity contribution in [2.24, 2.45) is 0 Å². The van der Waals surface area contributed by atoms with Gasteiger partial charge in [-0.1, -0.05) is 17.7 Å². The highest BCUT2D eigenvalue weighted by Gasteiger charge is 2.18. The van der Waals surface area contributed by atoms with Crippen LogP contribution in [0.2, 0.25) is 5.02 Å². The number of rotatable bonds is 9. The molecular weight excluding hydrogens is 380 g/mol. The molecule has 0 aliphatic rings. The molecule has 2 aromatic carbocycles. The molecule has 1 atom stereocenters. The van der Waals surface area contributed by atoms with Crippen LogP contribution in [0.25, 0.3) is 0 Å². The number of hydrogen-bond donors (Lipinski definition) is 1. The summed E-state index contributed by atoms with van der Waals surface area (Å²) in [7, 11) is 6.70. The average molecular weight is 407 g/mol. The quantitative estimate of drug-likeness (QED) is 0.685. The van der Waals surface area contributed by atoms with E-state index < -0.39 is 0 Å². The summed E-state index contributed by atoms with van der Waals surface area (Å²) >= 11 is 6.11. The molecule has 0 saturated heterocycles. The van der Waals surface area contributed by atoms with E-state index in [0.717, 1.165) is 12.0 Å². The van der Waals surface area contributed by atoms with E-state index in [1.165, 1.54) is 0 Å². The summed E-state index contributed by atoms with van der Waals surface area (Å²) in [5.74, 6) is 1.87. The Bertz CT molecular complexity index is 813. The van der Waals surface area contributed by atoms with Gasteiger partial charge in [-0.25, -0.2) is 0 Å². The molecule has 2 rings (SSSR count). The fourth-order valence-electron chi connectivity index (χ4n) is 2.73. The van der Waals surface area contributed by atoms with Gasteiger partial charge in [0, 0.05) is 12.2 Å². The topological polar surface area (TPSA) is 60.0 Å². The number of nitrogens with one attached hydrogen (secondary N) is 1. The minimum absolute atomic E-state index is 0.101. The number of nitrogens with zero attached hydrogens (tertiary/aromatic N) is 1.